The summed E-state index contributed by atoms with van der Waals surface area (Å²) in [5.74, 6) is 0.0722. The van der Waals surface area contributed by atoms with Gasteiger partial charge in [-0.05, 0) is 48.7 Å². The Kier molecular flexibility index (Phi) is 8.99. The topological polar surface area (TPSA) is 66.5 Å². The molecule has 0 spiro atoms. The fourth-order valence-electron chi connectivity index (χ4n) is 3.03. The van der Waals surface area contributed by atoms with Gasteiger partial charge in [-0.1, -0.05) is 62.9 Å². The molecule has 0 aliphatic heterocycles. The van der Waals surface area contributed by atoms with Crippen molar-refractivity contribution >= 4 is 33.2 Å². The minimum absolute atomic E-state index is 0.136. The van der Waals surface area contributed by atoms with Crippen molar-refractivity contribution in [1.82, 2.24) is 5.32 Å². The Morgan fingerprint density at radius 2 is 1.72 bits per heavy atom. The number of carbonyl (C=O) groups excluding carboxylic acids is 1. The molecule has 1 atom stereocenters. The lowest BCUT2D eigenvalue weighted by Crippen LogP contribution is -2.42. The molecule has 0 aromatic heterocycles. The summed E-state index contributed by atoms with van der Waals surface area (Å²) in [7, 11) is -3.89. The van der Waals surface area contributed by atoms with E-state index in [1.165, 1.54) is 12.1 Å². The van der Waals surface area contributed by atoms with Gasteiger partial charge in [-0.25, -0.2) is 8.42 Å². The number of nitrogens with one attached hydrogen (secondary N) is 1. The zero-order valence-corrected chi connectivity index (χ0v) is 18.5. The third-order valence-electron chi connectivity index (χ3n) is 4.86. The highest BCUT2D eigenvalue weighted by Crippen LogP contribution is 2.25. The van der Waals surface area contributed by atoms with Gasteiger partial charge in [0.05, 0.1) is 10.6 Å². The average molecular weight is 437 g/mol. The fraction of sp³-hybridized carbons (Fsp3) is 0.409. The van der Waals surface area contributed by atoms with E-state index in [1.54, 1.807) is 42.5 Å². The van der Waals surface area contributed by atoms with Crippen LogP contribution in [-0.2, 0) is 14.8 Å². The number of hydrogen-bond donors (Lipinski definition) is 1. The number of sulfonamides is 1. The molecule has 7 heteroatoms. The van der Waals surface area contributed by atoms with Crippen molar-refractivity contribution < 1.29 is 13.2 Å². The van der Waals surface area contributed by atoms with E-state index in [-0.39, 0.29) is 17.3 Å². The Morgan fingerprint density at radius 1 is 1.07 bits per heavy atom. The number of anilines is 1. The van der Waals surface area contributed by atoms with Crippen LogP contribution in [0.5, 0.6) is 0 Å². The SMILES string of the molecule is CCCC[C@H](CC)CNC(=O)CN(c1ccc(Cl)cc1)S(=O)(=O)c1ccccc1. The van der Waals surface area contributed by atoms with Crippen molar-refractivity contribution in [3.05, 3.63) is 59.6 Å². The van der Waals surface area contributed by atoms with Crippen molar-refractivity contribution in [3.8, 4) is 0 Å². The largest absolute Gasteiger partial charge is 0.354 e. The molecular weight excluding hydrogens is 408 g/mol. The number of carbonyl (C=O) groups is 1. The zero-order valence-electron chi connectivity index (χ0n) is 17.0. The number of rotatable bonds is 11. The molecule has 0 bridgehead atoms. The van der Waals surface area contributed by atoms with Crippen molar-refractivity contribution in [2.24, 2.45) is 5.92 Å². The molecule has 2 rings (SSSR count). The maximum atomic E-state index is 13.2. The van der Waals surface area contributed by atoms with Gasteiger partial charge in [0.1, 0.15) is 6.54 Å². The second kappa shape index (κ2) is 11.2. The second-order valence-corrected chi connectivity index (χ2v) is 9.32. The van der Waals surface area contributed by atoms with Gasteiger partial charge in [0.2, 0.25) is 5.91 Å². The molecule has 2 aromatic carbocycles. The van der Waals surface area contributed by atoms with Crippen LogP contribution in [-0.4, -0.2) is 27.4 Å². The fourth-order valence-corrected chi connectivity index (χ4v) is 4.60. The van der Waals surface area contributed by atoms with Crippen LogP contribution >= 0.6 is 11.6 Å². The smallest absolute Gasteiger partial charge is 0.264 e. The highest BCUT2D eigenvalue weighted by molar-refractivity contribution is 7.92. The predicted octanol–water partition coefficient (Wildman–Crippen LogP) is 4.87. The molecule has 0 fully saturated rings. The van der Waals surface area contributed by atoms with Crippen LogP contribution in [0.1, 0.15) is 39.5 Å². The third kappa shape index (κ3) is 6.75. The highest BCUT2D eigenvalue weighted by Gasteiger charge is 2.27. The first-order valence-corrected chi connectivity index (χ1v) is 11.8. The summed E-state index contributed by atoms with van der Waals surface area (Å²) in [6.07, 6.45) is 4.26. The van der Waals surface area contributed by atoms with Gasteiger partial charge in [-0.3, -0.25) is 9.10 Å². The van der Waals surface area contributed by atoms with E-state index < -0.39 is 10.0 Å². The summed E-state index contributed by atoms with van der Waals surface area (Å²) in [6, 6.07) is 14.5. The van der Waals surface area contributed by atoms with E-state index >= 15 is 0 Å². The molecule has 29 heavy (non-hydrogen) atoms. The van der Waals surface area contributed by atoms with E-state index in [1.807, 2.05) is 0 Å². The summed E-state index contributed by atoms with van der Waals surface area (Å²) in [5, 5.41) is 3.40. The molecule has 0 saturated carbocycles. The summed E-state index contributed by atoms with van der Waals surface area (Å²) < 4.78 is 27.5. The van der Waals surface area contributed by atoms with Gasteiger partial charge in [-0.15, -0.1) is 0 Å². The molecule has 2 aromatic rings. The van der Waals surface area contributed by atoms with Gasteiger partial charge in [0.15, 0.2) is 0 Å². The average Bonchev–Trinajstić information content (AvgIpc) is 2.73. The zero-order chi connectivity index (χ0) is 21.3. The van der Waals surface area contributed by atoms with E-state index in [9.17, 15) is 13.2 Å². The first-order chi connectivity index (χ1) is 13.9. The lowest BCUT2D eigenvalue weighted by molar-refractivity contribution is -0.119. The lowest BCUT2D eigenvalue weighted by atomic mass is 9.99. The number of benzene rings is 2. The summed E-state index contributed by atoms with van der Waals surface area (Å²) in [5.41, 5.74) is 0.395. The highest BCUT2D eigenvalue weighted by atomic mass is 35.5. The Labute approximate surface area is 179 Å². The monoisotopic (exact) mass is 436 g/mol. The third-order valence-corrected chi connectivity index (χ3v) is 6.90. The first kappa shape index (κ1) is 23.2. The van der Waals surface area contributed by atoms with Crippen LogP contribution in [0, 0.1) is 5.92 Å². The Morgan fingerprint density at radius 3 is 2.31 bits per heavy atom. The van der Waals surface area contributed by atoms with E-state index in [4.69, 9.17) is 11.6 Å². The standard InChI is InChI=1S/C22H29ClN2O3S/c1-3-5-9-18(4-2)16-24-22(26)17-25(20-14-12-19(23)13-15-20)29(27,28)21-10-7-6-8-11-21/h6-8,10-15,18H,3-5,9,16-17H2,1-2H3,(H,24,26)/t18-/m0/s1. The summed E-state index contributed by atoms with van der Waals surface area (Å²) in [4.78, 5) is 12.8. The molecule has 0 aliphatic carbocycles. The molecule has 1 amide bonds. The van der Waals surface area contributed by atoms with Crippen LogP contribution < -0.4 is 9.62 Å². The molecule has 0 unspecified atom stereocenters. The van der Waals surface area contributed by atoms with Crippen molar-refractivity contribution in [2.75, 3.05) is 17.4 Å². The first-order valence-electron chi connectivity index (χ1n) is 9.98. The molecule has 158 valence electrons. The van der Waals surface area contributed by atoms with E-state index in [0.717, 1.165) is 30.0 Å². The van der Waals surface area contributed by atoms with Gasteiger partial charge in [0.25, 0.3) is 10.0 Å². The van der Waals surface area contributed by atoms with Crippen molar-refractivity contribution in [1.29, 1.82) is 0 Å². The molecule has 1 N–H and O–H groups in total. The summed E-state index contributed by atoms with van der Waals surface area (Å²) >= 11 is 5.95. The molecule has 0 radical (unpaired) electrons. The molecule has 0 heterocycles. The lowest BCUT2D eigenvalue weighted by Gasteiger charge is -2.25. The van der Waals surface area contributed by atoms with Crippen LogP contribution in [0.25, 0.3) is 0 Å². The minimum Gasteiger partial charge on any atom is -0.354 e. The maximum absolute atomic E-state index is 13.2. The maximum Gasteiger partial charge on any atom is 0.264 e. The van der Waals surface area contributed by atoms with E-state index in [2.05, 4.69) is 19.2 Å². The number of halogens is 1. The molecule has 0 saturated heterocycles. The molecule has 5 nitrogen and oxygen atoms in total. The van der Waals surface area contributed by atoms with Crippen LogP contribution in [0.4, 0.5) is 5.69 Å². The van der Waals surface area contributed by atoms with Gasteiger partial charge < -0.3 is 5.32 Å². The molecular formula is C22H29ClN2O3S. The molecule has 0 aliphatic rings. The number of hydrogen-bond acceptors (Lipinski definition) is 3. The number of unbranched alkanes of at least 4 members (excludes halogenated alkanes) is 1. The quantitative estimate of drug-likeness (QED) is 0.546. The van der Waals surface area contributed by atoms with Gasteiger partial charge in [-0.2, -0.15) is 0 Å². The summed E-state index contributed by atoms with van der Waals surface area (Å²) in [6.45, 7) is 4.51. The van der Waals surface area contributed by atoms with Gasteiger partial charge >= 0.3 is 0 Å². The number of nitrogens with zero attached hydrogens (tertiary/aromatic N) is 1. The second-order valence-electron chi connectivity index (χ2n) is 7.02. The number of amides is 1. The predicted molar refractivity (Wildman–Crippen MR) is 119 cm³/mol. The minimum atomic E-state index is -3.89. The van der Waals surface area contributed by atoms with Crippen LogP contribution in [0.15, 0.2) is 59.5 Å². The Bertz CT molecular complexity index is 871. The van der Waals surface area contributed by atoms with E-state index in [0.29, 0.717) is 23.2 Å². The van der Waals surface area contributed by atoms with Gasteiger partial charge in [0, 0.05) is 11.6 Å². The van der Waals surface area contributed by atoms with Crippen LogP contribution in [0.3, 0.4) is 0 Å². The Balaban J connectivity index is 2.20. The Hall–Kier alpha value is -2.05. The van der Waals surface area contributed by atoms with Crippen LogP contribution in [0.2, 0.25) is 5.02 Å². The van der Waals surface area contributed by atoms with Crippen molar-refractivity contribution in [2.45, 2.75) is 44.4 Å². The normalized spacial score (nSPS) is 12.4. The van der Waals surface area contributed by atoms with Crippen molar-refractivity contribution in [3.63, 3.8) is 0 Å².